The normalized spacial score (nSPS) is 13.1. The van der Waals surface area contributed by atoms with Gasteiger partial charge in [0.25, 0.3) is 0 Å². The van der Waals surface area contributed by atoms with Crippen LogP contribution in [-0.4, -0.2) is 9.13 Å². The third-order valence-corrected chi connectivity index (χ3v) is 14.0. The van der Waals surface area contributed by atoms with Gasteiger partial charge in [0.05, 0.1) is 26.1 Å². The van der Waals surface area contributed by atoms with Crippen LogP contribution in [-0.2, 0) is 6.42 Å². The summed E-state index contributed by atoms with van der Waals surface area (Å²) in [6.07, 6.45) is 4.58. The molecule has 11 aromatic rings. The van der Waals surface area contributed by atoms with E-state index in [-0.39, 0.29) is 0 Å². The lowest BCUT2D eigenvalue weighted by Gasteiger charge is -2.17. The molecule has 0 unspecified atom stereocenters. The number of hydrogen-bond acceptors (Lipinski definition) is 2. The predicted molar refractivity (Wildman–Crippen MR) is 234 cm³/mol. The number of aromatic nitrogens is 2. The molecule has 54 heavy (non-hydrogen) atoms. The molecule has 4 heteroatoms. The molecule has 4 heterocycles. The number of rotatable bonds is 4. The molecule has 0 spiro atoms. The Kier molecular flexibility index (Phi) is 6.53. The predicted octanol–water partition coefficient (Wildman–Crippen LogP) is 14.6. The van der Waals surface area contributed by atoms with Crippen LogP contribution in [0.4, 0.5) is 0 Å². The lowest BCUT2D eigenvalue weighted by atomic mass is 9.99. The third kappa shape index (κ3) is 4.32. The topological polar surface area (TPSA) is 9.86 Å². The van der Waals surface area contributed by atoms with E-state index < -0.39 is 0 Å². The molecule has 4 aromatic heterocycles. The SMILES string of the molecule is C1=C(n2c3ccccc3c3c(-c4ccccc4)cccc32)CCc2sc3sc4ccc(-n5c6ccccc6c6c(-c7ccccc7)cccc65)cc4c3c21. The highest BCUT2D eigenvalue weighted by molar-refractivity contribution is 7.41. The summed E-state index contributed by atoms with van der Waals surface area (Å²) in [5.41, 5.74) is 14.0. The number of allylic oxidation sites excluding steroid dienone is 1. The Morgan fingerprint density at radius 1 is 0.426 bits per heavy atom. The van der Waals surface area contributed by atoms with Crippen molar-refractivity contribution in [2.45, 2.75) is 12.8 Å². The van der Waals surface area contributed by atoms with Crippen molar-refractivity contribution in [2.75, 3.05) is 0 Å². The van der Waals surface area contributed by atoms with Crippen molar-refractivity contribution < 1.29 is 0 Å². The van der Waals surface area contributed by atoms with E-state index in [1.165, 1.54) is 107 Å². The zero-order valence-corrected chi connectivity index (χ0v) is 30.9. The van der Waals surface area contributed by atoms with Crippen LogP contribution in [0.3, 0.4) is 0 Å². The van der Waals surface area contributed by atoms with Crippen LogP contribution in [0, 0.1) is 0 Å². The van der Waals surface area contributed by atoms with E-state index >= 15 is 0 Å². The smallest absolute Gasteiger partial charge is 0.0886 e. The summed E-state index contributed by atoms with van der Waals surface area (Å²) in [7, 11) is 0. The first-order valence-corrected chi connectivity index (χ1v) is 20.3. The Labute approximate surface area is 320 Å². The monoisotopic (exact) mass is 724 g/mol. The number of thiophene rings is 2. The molecular formula is C50H32N2S2. The van der Waals surface area contributed by atoms with Crippen LogP contribution < -0.4 is 0 Å². The summed E-state index contributed by atoms with van der Waals surface area (Å²) in [6, 6.07) is 60.2. The van der Waals surface area contributed by atoms with Crippen LogP contribution in [0.2, 0.25) is 0 Å². The number of fused-ring (bicyclic) bond motifs is 11. The summed E-state index contributed by atoms with van der Waals surface area (Å²) >= 11 is 3.94. The number of nitrogens with zero attached hydrogens (tertiary/aromatic N) is 2. The molecule has 1 aliphatic rings. The van der Waals surface area contributed by atoms with Crippen LogP contribution in [0.5, 0.6) is 0 Å². The minimum Gasteiger partial charge on any atom is -0.313 e. The van der Waals surface area contributed by atoms with Gasteiger partial charge in [-0.25, -0.2) is 0 Å². The maximum Gasteiger partial charge on any atom is 0.0886 e. The van der Waals surface area contributed by atoms with Crippen molar-refractivity contribution >= 4 is 97.5 Å². The minimum atomic E-state index is 1.01. The fourth-order valence-electron chi connectivity index (χ4n) is 9.17. The van der Waals surface area contributed by atoms with E-state index in [9.17, 15) is 0 Å². The number of hydrogen-bond donors (Lipinski definition) is 0. The average Bonchev–Trinajstić information content (AvgIpc) is 3.97. The van der Waals surface area contributed by atoms with Gasteiger partial charge < -0.3 is 9.13 Å². The first-order chi connectivity index (χ1) is 26.8. The first kappa shape index (κ1) is 30.3. The molecule has 2 nitrogen and oxygen atoms in total. The number of benzene rings is 7. The molecule has 1 aliphatic carbocycles. The number of aryl methyl sites for hydroxylation is 1. The zero-order valence-electron chi connectivity index (χ0n) is 29.3. The summed E-state index contributed by atoms with van der Waals surface area (Å²) in [4.78, 5) is 1.50. The van der Waals surface area contributed by atoms with Gasteiger partial charge >= 0.3 is 0 Å². The molecule has 0 N–H and O–H groups in total. The fraction of sp³-hybridized carbons (Fsp3) is 0.0400. The highest BCUT2D eigenvalue weighted by atomic mass is 32.2. The van der Waals surface area contributed by atoms with Gasteiger partial charge in [-0.15, -0.1) is 22.7 Å². The summed E-state index contributed by atoms with van der Waals surface area (Å²) in [6.45, 7) is 0. The van der Waals surface area contributed by atoms with E-state index in [1.807, 2.05) is 22.7 Å². The highest BCUT2D eigenvalue weighted by Crippen LogP contribution is 2.49. The molecule has 0 atom stereocenters. The standard InChI is InChI=1S/C50H32N2S2/c1-3-13-31(14-4-1)35-19-11-23-43-47(35)37-17-7-9-21-41(37)51(43)33-25-27-45-39(29-33)49-40-30-34(26-28-46(40)54-50(49)53-45)52-42-22-10-8-18-38(42)48-36(20-12-24-44(48)52)32-15-5-2-6-16-32/h1-25,27,29-30H,26,28H2. The van der Waals surface area contributed by atoms with Crippen LogP contribution in [0.25, 0.3) is 103 Å². The van der Waals surface area contributed by atoms with Gasteiger partial charge in [0.1, 0.15) is 0 Å². The van der Waals surface area contributed by atoms with E-state index in [0.717, 1.165) is 12.8 Å². The van der Waals surface area contributed by atoms with Gasteiger partial charge in [-0.05, 0) is 89.2 Å². The van der Waals surface area contributed by atoms with Crippen molar-refractivity contribution in [3.63, 3.8) is 0 Å². The Hall–Kier alpha value is -6.20. The second kappa shape index (κ2) is 11.6. The second-order valence-electron chi connectivity index (χ2n) is 14.4. The van der Waals surface area contributed by atoms with E-state index in [4.69, 9.17) is 0 Å². The molecule has 12 rings (SSSR count). The molecule has 254 valence electrons. The van der Waals surface area contributed by atoms with Gasteiger partial charge in [-0.3, -0.25) is 0 Å². The highest BCUT2D eigenvalue weighted by Gasteiger charge is 2.24. The maximum absolute atomic E-state index is 2.55. The van der Waals surface area contributed by atoms with Crippen molar-refractivity contribution in [3.8, 4) is 27.9 Å². The molecule has 0 radical (unpaired) electrons. The number of para-hydroxylation sites is 2. The van der Waals surface area contributed by atoms with Gasteiger partial charge in [-0.1, -0.05) is 121 Å². The maximum atomic E-state index is 2.55. The molecule has 7 aromatic carbocycles. The van der Waals surface area contributed by atoms with Crippen molar-refractivity contribution in [1.82, 2.24) is 9.13 Å². The quantitative estimate of drug-likeness (QED) is 0.171. The Morgan fingerprint density at radius 3 is 1.67 bits per heavy atom. The lowest BCUT2D eigenvalue weighted by molar-refractivity contribution is 0.968. The molecule has 0 aliphatic heterocycles. The zero-order chi connectivity index (χ0) is 35.3. The van der Waals surface area contributed by atoms with Crippen LogP contribution >= 0.6 is 22.7 Å². The van der Waals surface area contributed by atoms with E-state index in [0.29, 0.717) is 0 Å². The fourth-order valence-corrected chi connectivity index (χ4v) is 11.9. The first-order valence-electron chi connectivity index (χ1n) is 18.6. The summed E-state index contributed by atoms with van der Waals surface area (Å²) in [5.74, 6) is 0. The third-order valence-electron chi connectivity index (χ3n) is 11.5. The molecule has 0 fully saturated rings. The van der Waals surface area contributed by atoms with Crippen LogP contribution in [0.1, 0.15) is 16.9 Å². The molecular weight excluding hydrogens is 693 g/mol. The van der Waals surface area contributed by atoms with E-state index in [1.54, 1.807) is 0 Å². The Balaban J connectivity index is 1.07. The summed E-state index contributed by atoms with van der Waals surface area (Å²) in [5, 5.41) is 7.98. The summed E-state index contributed by atoms with van der Waals surface area (Å²) < 4.78 is 7.79. The largest absolute Gasteiger partial charge is 0.313 e. The van der Waals surface area contributed by atoms with Gasteiger partial charge in [0.15, 0.2) is 0 Å². The van der Waals surface area contributed by atoms with Crippen molar-refractivity contribution in [1.29, 1.82) is 0 Å². The Morgan fingerprint density at radius 2 is 1.00 bits per heavy atom. The molecule has 0 bridgehead atoms. The van der Waals surface area contributed by atoms with E-state index in [2.05, 4.69) is 179 Å². The van der Waals surface area contributed by atoms with Gasteiger partial charge in [-0.2, -0.15) is 0 Å². The second-order valence-corrected chi connectivity index (χ2v) is 16.8. The lowest BCUT2D eigenvalue weighted by Crippen LogP contribution is -2.03. The molecule has 0 saturated heterocycles. The Bertz CT molecular complexity index is 3320. The van der Waals surface area contributed by atoms with Gasteiger partial charge in [0, 0.05) is 53.3 Å². The minimum absolute atomic E-state index is 1.01. The van der Waals surface area contributed by atoms with Crippen LogP contribution in [0.15, 0.2) is 164 Å². The molecule has 0 saturated carbocycles. The van der Waals surface area contributed by atoms with Crippen molar-refractivity contribution in [3.05, 3.63) is 174 Å². The average molecular weight is 725 g/mol. The van der Waals surface area contributed by atoms with Gasteiger partial charge in [0.2, 0.25) is 0 Å². The molecule has 0 amide bonds. The van der Waals surface area contributed by atoms with Crippen molar-refractivity contribution in [2.24, 2.45) is 0 Å².